The lowest BCUT2D eigenvalue weighted by atomic mass is 10.0. The molecular formula is C21H41N7O7. The van der Waals surface area contributed by atoms with Gasteiger partial charge in [-0.05, 0) is 58.5 Å². The van der Waals surface area contributed by atoms with E-state index < -0.39 is 59.9 Å². The highest BCUT2D eigenvalue weighted by atomic mass is 16.4. The third-order valence-corrected chi connectivity index (χ3v) is 5.24. The molecule has 0 heterocycles. The number of primary amides is 1. The number of carbonyl (C=O) groups excluding carboxylic acids is 4. The molecule has 14 heteroatoms. The number of aliphatic hydroxyl groups is 1. The molecular weight excluding hydrogens is 462 g/mol. The van der Waals surface area contributed by atoms with Crippen molar-refractivity contribution in [1.29, 1.82) is 0 Å². The van der Waals surface area contributed by atoms with Crippen molar-refractivity contribution >= 4 is 29.6 Å². The molecule has 0 aromatic carbocycles. The second-order valence-corrected chi connectivity index (χ2v) is 8.37. The number of nitrogens with two attached hydrogens (primary N) is 4. The van der Waals surface area contributed by atoms with Gasteiger partial charge in [-0.25, -0.2) is 4.79 Å². The van der Waals surface area contributed by atoms with Crippen LogP contribution >= 0.6 is 0 Å². The molecule has 5 unspecified atom stereocenters. The number of unbranched alkanes of at least 4 members (excludes halogenated alkanes) is 2. The molecule has 0 fully saturated rings. The molecule has 0 saturated carbocycles. The molecule has 0 radical (unpaired) electrons. The number of hydrogen-bond donors (Lipinski definition) is 9. The Labute approximate surface area is 204 Å². The van der Waals surface area contributed by atoms with E-state index in [-0.39, 0.29) is 19.3 Å². The maximum atomic E-state index is 12.9. The predicted molar refractivity (Wildman–Crippen MR) is 127 cm³/mol. The van der Waals surface area contributed by atoms with Gasteiger partial charge in [0.1, 0.15) is 18.1 Å². The Morgan fingerprint density at radius 3 is 1.80 bits per heavy atom. The number of amides is 4. The van der Waals surface area contributed by atoms with Crippen molar-refractivity contribution in [2.24, 2.45) is 22.9 Å². The highest BCUT2D eigenvalue weighted by Gasteiger charge is 2.32. The minimum atomic E-state index is -1.40. The van der Waals surface area contributed by atoms with Crippen LogP contribution in [0, 0.1) is 0 Å². The molecule has 13 N–H and O–H groups in total. The molecule has 0 aromatic rings. The fraction of sp³-hybridized carbons (Fsp3) is 0.762. The van der Waals surface area contributed by atoms with Crippen LogP contribution < -0.4 is 38.9 Å². The van der Waals surface area contributed by atoms with Gasteiger partial charge >= 0.3 is 5.97 Å². The van der Waals surface area contributed by atoms with E-state index in [2.05, 4.69) is 16.0 Å². The van der Waals surface area contributed by atoms with Gasteiger partial charge in [0.05, 0.1) is 12.1 Å². The smallest absolute Gasteiger partial charge is 0.326 e. The highest BCUT2D eigenvalue weighted by molar-refractivity contribution is 5.94. The zero-order valence-electron chi connectivity index (χ0n) is 20.2. The number of aliphatic carboxylic acids is 1. The standard InChI is InChI=1S/C21H41N7O7/c1-12(29)17(28-18(31)13(24)6-2-4-10-22)20(33)26-14(7-3-5-11-23)19(32)27-15(21(34)35)8-9-16(25)30/h12-15,17,29H,2-11,22-24H2,1H3,(H2,25,30)(H,26,33)(H,27,32)(H,28,31)(H,34,35). The van der Waals surface area contributed by atoms with Crippen LogP contribution in [0.25, 0.3) is 0 Å². The van der Waals surface area contributed by atoms with Gasteiger partial charge in [-0.2, -0.15) is 0 Å². The Bertz CT molecular complexity index is 706. The molecule has 202 valence electrons. The molecule has 0 aliphatic heterocycles. The van der Waals surface area contributed by atoms with E-state index in [0.29, 0.717) is 45.2 Å². The fourth-order valence-electron chi connectivity index (χ4n) is 3.14. The highest BCUT2D eigenvalue weighted by Crippen LogP contribution is 2.06. The number of rotatable bonds is 19. The van der Waals surface area contributed by atoms with Crippen LogP contribution in [0.2, 0.25) is 0 Å². The van der Waals surface area contributed by atoms with E-state index in [1.807, 2.05) is 0 Å². The second-order valence-electron chi connectivity index (χ2n) is 8.37. The Kier molecular flexibility index (Phi) is 16.2. The number of aliphatic hydroxyl groups excluding tert-OH is 1. The molecule has 0 aliphatic carbocycles. The average molecular weight is 504 g/mol. The van der Waals surface area contributed by atoms with Crippen LogP contribution in [-0.4, -0.2) is 83.2 Å². The predicted octanol–water partition coefficient (Wildman–Crippen LogP) is -3.24. The quantitative estimate of drug-likeness (QED) is 0.0794. The summed E-state index contributed by atoms with van der Waals surface area (Å²) in [7, 11) is 0. The van der Waals surface area contributed by atoms with Crippen molar-refractivity contribution in [3.63, 3.8) is 0 Å². The third-order valence-electron chi connectivity index (χ3n) is 5.24. The summed E-state index contributed by atoms with van der Waals surface area (Å²) in [5.74, 6) is -4.40. The molecule has 0 spiro atoms. The summed E-state index contributed by atoms with van der Waals surface area (Å²) < 4.78 is 0. The Hall–Kier alpha value is -2.81. The van der Waals surface area contributed by atoms with Gasteiger partial charge in [-0.1, -0.05) is 6.42 Å². The topological polar surface area (TPSA) is 266 Å². The number of hydrogen-bond acceptors (Lipinski definition) is 9. The van der Waals surface area contributed by atoms with Gasteiger partial charge in [-0.15, -0.1) is 0 Å². The van der Waals surface area contributed by atoms with Crippen LogP contribution in [-0.2, 0) is 24.0 Å². The Morgan fingerprint density at radius 2 is 1.31 bits per heavy atom. The monoisotopic (exact) mass is 503 g/mol. The first-order valence-corrected chi connectivity index (χ1v) is 11.7. The van der Waals surface area contributed by atoms with E-state index in [4.69, 9.17) is 22.9 Å². The van der Waals surface area contributed by atoms with Gasteiger partial charge in [0.25, 0.3) is 0 Å². The van der Waals surface area contributed by atoms with E-state index in [1.54, 1.807) is 0 Å². The maximum Gasteiger partial charge on any atom is 0.326 e. The van der Waals surface area contributed by atoms with E-state index >= 15 is 0 Å². The molecule has 5 atom stereocenters. The molecule has 14 nitrogen and oxygen atoms in total. The third kappa shape index (κ3) is 13.6. The first-order chi connectivity index (χ1) is 16.4. The Morgan fingerprint density at radius 1 is 0.771 bits per heavy atom. The maximum absolute atomic E-state index is 12.9. The summed E-state index contributed by atoms with van der Waals surface area (Å²) >= 11 is 0. The molecule has 0 saturated heterocycles. The molecule has 0 aromatic heterocycles. The summed E-state index contributed by atoms with van der Waals surface area (Å²) in [4.78, 5) is 60.5. The fourth-order valence-corrected chi connectivity index (χ4v) is 3.14. The zero-order chi connectivity index (χ0) is 27.0. The minimum Gasteiger partial charge on any atom is -0.480 e. The van der Waals surface area contributed by atoms with Gasteiger partial charge in [0.2, 0.25) is 23.6 Å². The summed E-state index contributed by atoms with van der Waals surface area (Å²) in [5.41, 5.74) is 21.8. The SMILES string of the molecule is CC(O)C(NC(=O)C(N)CCCCN)C(=O)NC(CCCCN)C(=O)NC(CCC(N)=O)C(=O)O. The van der Waals surface area contributed by atoms with Gasteiger partial charge in [-0.3, -0.25) is 19.2 Å². The van der Waals surface area contributed by atoms with Crippen molar-refractivity contribution in [2.75, 3.05) is 13.1 Å². The van der Waals surface area contributed by atoms with Crippen LogP contribution in [0.5, 0.6) is 0 Å². The van der Waals surface area contributed by atoms with Crippen molar-refractivity contribution in [2.45, 2.75) is 88.6 Å². The molecule has 4 amide bonds. The van der Waals surface area contributed by atoms with Gasteiger partial charge in [0.15, 0.2) is 0 Å². The largest absolute Gasteiger partial charge is 0.480 e. The van der Waals surface area contributed by atoms with Crippen LogP contribution in [0.1, 0.15) is 58.3 Å². The van der Waals surface area contributed by atoms with E-state index in [9.17, 15) is 34.2 Å². The first kappa shape index (κ1) is 32.2. The van der Waals surface area contributed by atoms with Crippen molar-refractivity contribution < 1.29 is 34.2 Å². The summed E-state index contributed by atoms with van der Waals surface area (Å²) in [5, 5.41) is 26.5. The number of nitrogens with one attached hydrogen (secondary N) is 3. The summed E-state index contributed by atoms with van der Waals surface area (Å²) in [6.45, 7) is 2.08. The molecule has 0 bridgehead atoms. The summed E-state index contributed by atoms with van der Waals surface area (Å²) in [6.07, 6.45) is 0.920. The first-order valence-electron chi connectivity index (χ1n) is 11.7. The number of carbonyl (C=O) groups is 5. The number of carboxylic acid groups (broad SMARTS) is 1. The van der Waals surface area contributed by atoms with Crippen molar-refractivity contribution in [1.82, 2.24) is 16.0 Å². The van der Waals surface area contributed by atoms with Crippen molar-refractivity contribution in [3.8, 4) is 0 Å². The second kappa shape index (κ2) is 17.6. The van der Waals surface area contributed by atoms with Gasteiger partial charge < -0.3 is 49.1 Å². The van der Waals surface area contributed by atoms with Crippen LogP contribution in [0.3, 0.4) is 0 Å². The molecule has 0 rings (SSSR count). The van der Waals surface area contributed by atoms with Gasteiger partial charge in [0, 0.05) is 6.42 Å². The lowest BCUT2D eigenvalue weighted by Crippen LogP contribution is -2.59. The average Bonchev–Trinajstić information content (AvgIpc) is 2.78. The Balaban J connectivity index is 5.38. The lowest BCUT2D eigenvalue weighted by molar-refractivity contribution is -0.142. The molecule has 0 aliphatic rings. The zero-order valence-corrected chi connectivity index (χ0v) is 20.2. The van der Waals surface area contributed by atoms with Crippen LogP contribution in [0.15, 0.2) is 0 Å². The summed E-state index contributed by atoms with van der Waals surface area (Å²) in [6, 6.07) is -4.90. The lowest BCUT2D eigenvalue weighted by Gasteiger charge is -2.26. The number of carboxylic acids is 1. The van der Waals surface area contributed by atoms with E-state index in [1.165, 1.54) is 6.92 Å². The van der Waals surface area contributed by atoms with Crippen LogP contribution in [0.4, 0.5) is 0 Å². The van der Waals surface area contributed by atoms with E-state index in [0.717, 1.165) is 0 Å². The minimum absolute atomic E-state index is 0.121. The molecule has 35 heavy (non-hydrogen) atoms. The normalized spacial score (nSPS) is 15.2. The van der Waals surface area contributed by atoms with Crippen molar-refractivity contribution in [3.05, 3.63) is 0 Å².